The molecule has 2 atom stereocenters. The zero-order chi connectivity index (χ0) is 11.8. The highest BCUT2D eigenvalue weighted by Gasteiger charge is 2.28. The first-order valence-corrected chi connectivity index (χ1v) is 7.10. The Balaban J connectivity index is 1.91. The lowest BCUT2D eigenvalue weighted by atomic mass is 9.84. The summed E-state index contributed by atoms with van der Waals surface area (Å²) >= 11 is 3.46. The third-order valence-electron chi connectivity index (χ3n) is 3.95. The molecule has 3 rings (SSSR count). The molecule has 0 aromatic carbocycles. The van der Waals surface area contributed by atoms with E-state index in [2.05, 4.69) is 45.3 Å². The Kier molecular flexibility index (Phi) is 3.05. The minimum Gasteiger partial charge on any atom is -0.310 e. The summed E-state index contributed by atoms with van der Waals surface area (Å²) in [5.41, 5.74) is 3.96. The molecule has 90 valence electrons. The van der Waals surface area contributed by atoms with E-state index in [0.29, 0.717) is 6.04 Å². The molecule has 0 amide bonds. The smallest absolute Gasteiger partial charge is 0.109 e. The van der Waals surface area contributed by atoms with Gasteiger partial charge in [-0.1, -0.05) is 6.08 Å². The highest BCUT2D eigenvalue weighted by atomic mass is 79.9. The van der Waals surface area contributed by atoms with Gasteiger partial charge in [-0.25, -0.2) is 4.98 Å². The van der Waals surface area contributed by atoms with Crippen molar-refractivity contribution >= 4 is 21.5 Å². The van der Waals surface area contributed by atoms with Crippen molar-refractivity contribution in [3.05, 3.63) is 34.1 Å². The first kappa shape index (κ1) is 11.4. The Labute approximate surface area is 111 Å². The van der Waals surface area contributed by atoms with Gasteiger partial charge < -0.3 is 5.32 Å². The second kappa shape index (κ2) is 4.54. The van der Waals surface area contributed by atoms with Gasteiger partial charge in [0.05, 0.1) is 0 Å². The number of hydrogen-bond donors (Lipinski definition) is 1. The number of aromatic nitrogens is 1. The highest BCUT2D eigenvalue weighted by Crippen LogP contribution is 2.34. The van der Waals surface area contributed by atoms with E-state index in [4.69, 9.17) is 0 Å². The molecule has 1 N–H and O–H groups in total. The van der Waals surface area contributed by atoms with E-state index in [9.17, 15) is 0 Å². The Bertz CT molecular complexity index is 467. The van der Waals surface area contributed by atoms with Crippen LogP contribution in [0.5, 0.6) is 0 Å². The number of hydrogen-bond acceptors (Lipinski definition) is 2. The van der Waals surface area contributed by atoms with Crippen molar-refractivity contribution in [2.24, 2.45) is 5.92 Å². The first-order chi connectivity index (χ1) is 8.24. The number of halogens is 1. The van der Waals surface area contributed by atoms with Crippen molar-refractivity contribution < 1.29 is 0 Å². The predicted molar refractivity (Wildman–Crippen MR) is 73.8 cm³/mol. The molecular weight excluding hydrogens is 276 g/mol. The quantitative estimate of drug-likeness (QED) is 0.804. The van der Waals surface area contributed by atoms with Gasteiger partial charge in [-0.2, -0.15) is 0 Å². The highest BCUT2D eigenvalue weighted by molar-refractivity contribution is 9.10. The van der Waals surface area contributed by atoms with Gasteiger partial charge in [0, 0.05) is 12.2 Å². The fourth-order valence-corrected chi connectivity index (χ4v) is 3.13. The molecule has 2 heterocycles. The van der Waals surface area contributed by atoms with Crippen LogP contribution in [-0.2, 0) is 0 Å². The molecular formula is C14H17BrN2. The molecule has 1 saturated heterocycles. The van der Waals surface area contributed by atoms with E-state index in [0.717, 1.165) is 10.5 Å². The number of rotatable bonds is 1. The van der Waals surface area contributed by atoms with Gasteiger partial charge in [0.2, 0.25) is 0 Å². The summed E-state index contributed by atoms with van der Waals surface area (Å²) in [6.45, 7) is 3.28. The lowest BCUT2D eigenvalue weighted by Crippen LogP contribution is -2.27. The lowest BCUT2D eigenvalue weighted by Gasteiger charge is -2.24. The summed E-state index contributed by atoms with van der Waals surface area (Å²) in [6.07, 6.45) is 8.26. The summed E-state index contributed by atoms with van der Waals surface area (Å²) in [5, 5.41) is 3.58. The molecule has 0 unspecified atom stereocenters. The fraction of sp³-hybridized carbons (Fsp3) is 0.500. The topological polar surface area (TPSA) is 24.9 Å². The average molecular weight is 293 g/mol. The Hall–Kier alpha value is -0.670. The standard InChI is InChI=1S/C14H17BrN2/c1-9-6-12(8-17-14(9)15)11-3-2-10-4-5-16-13(10)7-11/h6-8,10,13,16H,2-5H2,1H3/t10-,13-/m1/s1. The number of nitrogens with one attached hydrogen (secondary N) is 1. The van der Waals surface area contributed by atoms with Crippen molar-refractivity contribution in [1.82, 2.24) is 10.3 Å². The van der Waals surface area contributed by atoms with E-state index < -0.39 is 0 Å². The Morgan fingerprint density at radius 1 is 1.41 bits per heavy atom. The SMILES string of the molecule is Cc1cc(C2=C[C@H]3NCC[C@H]3CC2)cnc1Br. The van der Waals surface area contributed by atoms with Crippen LogP contribution < -0.4 is 5.32 Å². The van der Waals surface area contributed by atoms with Gasteiger partial charge in [-0.05, 0) is 77.3 Å². The maximum absolute atomic E-state index is 4.39. The van der Waals surface area contributed by atoms with Crippen LogP contribution in [0.3, 0.4) is 0 Å². The van der Waals surface area contributed by atoms with Crippen molar-refractivity contribution in [1.29, 1.82) is 0 Å². The van der Waals surface area contributed by atoms with Gasteiger partial charge in [0.15, 0.2) is 0 Å². The number of aryl methyl sites for hydroxylation is 1. The largest absolute Gasteiger partial charge is 0.310 e. The second-order valence-electron chi connectivity index (χ2n) is 5.09. The molecule has 0 spiro atoms. The van der Waals surface area contributed by atoms with Crippen LogP contribution in [0.4, 0.5) is 0 Å². The van der Waals surface area contributed by atoms with E-state index in [1.807, 2.05) is 6.20 Å². The van der Waals surface area contributed by atoms with Crippen LogP contribution in [0.2, 0.25) is 0 Å². The van der Waals surface area contributed by atoms with Crippen LogP contribution in [-0.4, -0.2) is 17.6 Å². The van der Waals surface area contributed by atoms with Crippen LogP contribution in [0.25, 0.3) is 5.57 Å². The van der Waals surface area contributed by atoms with Crippen LogP contribution in [0.15, 0.2) is 22.9 Å². The molecule has 2 nitrogen and oxygen atoms in total. The molecule has 1 aromatic rings. The molecule has 17 heavy (non-hydrogen) atoms. The van der Waals surface area contributed by atoms with Crippen molar-refractivity contribution in [3.8, 4) is 0 Å². The van der Waals surface area contributed by atoms with Gasteiger partial charge >= 0.3 is 0 Å². The number of allylic oxidation sites excluding steroid dienone is 1. The van der Waals surface area contributed by atoms with Crippen LogP contribution in [0, 0.1) is 12.8 Å². The molecule has 0 radical (unpaired) electrons. The molecule has 2 aliphatic rings. The third-order valence-corrected chi connectivity index (χ3v) is 4.78. The molecule has 0 saturated carbocycles. The van der Waals surface area contributed by atoms with Gasteiger partial charge in [0.1, 0.15) is 4.60 Å². The maximum Gasteiger partial charge on any atom is 0.109 e. The van der Waals surface area contributed by atoms with Gasteiger partial charge in [-0.3, -0.25) is 0 Å². The Morgan fingerprint density at radius 3 is 3.12 bits per heavy atom. The summed E-state index contributed by atoms with van der Waals surface area (Å²) in [5.74, 6) is 0.864. The molecule has 1 aromatic heterocycles. The van der Waals surface area contributed by atoms with Gasteiger partial charge in [-0.15, -0.1) is 0 Å². The first-order valence-electron chi connectivity index (χ1n) is 6.30. The lowest BCUT2D eigenvalue weighted by molar-refractivity contribution is 0.465. The van der Waals surface area contributed by atoms with Crippen LogP contribution in [0.1, 0.15) is 30.4 Å². The number of fused-ring (bicyclic) bond motifs is 1. The summed E-state index contributed by atoms with van der Waals surface area (Å²) in [4.78, 5) is 4.39. The molecule has 1 fully saturated rings. The third kappa shape index (κ3) is 2.18. The van der Waals surface area contributed by atoms with E-state index >= 15 is 0 Å². The molecule has 1 aliphatic carbocycles. The minimum absolute atomic E-state index is 0.600. The second-order valence-corrected chi connectivity index (χ2v) is 5.84. The maximum atomic E-state index is 4.39. The number of pyridine rings is 1. The Morgan fingerprint density at radius 2 is 2.29 bits per heavy atom. The van der Waals surface area contributed by atoms with E-state index in [1.54, 1.807) is 0 Å². The van der Waals surface area contributed by atoms with Crippen LogP contribution >= 0.6 is 15.9 Å². The molecule has 0 bridgehead atoms. The summed E-state index contributed by atoms with van der Waals surface area (Å²) in [6, 6.07) is 2.83. The van der Waals surface area contributed by atoms with Crippen molar-refractivity contribution in [2.45, 2.75) is 32.2 Å². The zero-order valence-electron chi connectivity index (χ0n) is 10.0. The monoisotopic (exact) mass is 292 g/mol. The van der Waals surface area contributed by atoms with Gasteiger partial charge in [0.25, 0.3) is 0 Å². The number of nitrogens with zero attached hydrogens (tertiary/aromatic N) is 1. The van der Waals surface area contributed by atoms with Crippen molar-refractivity contribution in [2.75, 3.05) is 6.54 Å². The van der Waals surface area contributed by atoms with E-state index in [-0.39, 0.29) is 0 Å². The van der Waals surface area contributed by atoms with Crippen molar-refractivity contribution in [3.63, 3.8) is 0 Å². The summed E-state index contributed by atoms with van der Waals surface area (Å²) < 4.78 is 0.953. The average Bonchev–Trinajstić information content (AvgIpc) is 2.79. The zero-order valence-corrected chi connectivity index (χ0v) is 11.6. The fourth-order valence-electron chi connectivity index (χ4n) is 2.92. The molecule has 3 heteroatoms. The van der Waals surface area contributed by atoms with E-state index in [1.165, 1.54) is 42.5 Å². The minimum atomic E-state index is 0.600. The normalized spacial score (nSPS) is 27.8. The molecule has 1 aliphatic heterocycles. The summed E-state index contributed by atoms with van der Waals surface area (Å²) in [7, 11) is 0. The predicted octanol–water partition coefficient (Wildman–Crippen LogP) is 3.31.